The van der Waals surface area contributed by atoms with Gasteiger partial charge < -0.3 is 14.2 Å². The van der Waals surface area contributed by atoms with Crippen LogP contribution in [-0.4, -0.2) is 22.9 Å². The summed E-state index contributed by atoms with van der Waals surface area (Å²) in [4.78, 5) is 37.8. The van der Waals surface area contributed by atoms with Crippen LogP contribution in [0.25, 0.3) is 10.8 Å². The number of pyridine rings is 1. The molecule has 0 radical (unpaired) electrons. The molecule has 0 aliphatic heterocycles. The number of ether oxygens (including phenoxy) is 3. The number of benzene rings is 1. The summed E-state index contributed by atoms with van der Waals surface area (Å²) >= 11 is 0. The number of hydrogen-bond donors (Lipinski definition) is 0. The molecule has 2 aromatic rings. The van der Waals surface area contributed by atoms with Gasteiger partial charge >= 0.3 is 17.9 Å². The molecule has 1 heterocycles. The van der Waals surface area contributed by atoms with Gasteiger partial charge in [0.1, 0.15) is 0 Å². The second kappa shape index (κ2) is 6.21. The normalized spacial score (nSPS) is 10.1. The fourth-order valence-corrected chi connectivity index (χ4v) is 1.89. The molecule has 1 aromatic carbocycles. The van der Waals surface area contributed by atoms with Crippen molar-refractivity contribution in [3.8, 4) is 17.2 Å². The van der Waals surface area contributed by atoms with Gasteiger partial charge in [0.15, 0.2) is 11.5 Å². The summed E-state index contributed by atoms with van der Waals surface area (Å²) in [5.74, 6) is -2.01. The van der Waals surface area contributed by atoms with E-state index in [0.717, 1.165) is 0 Å². The Balaban J connectivity index is 2.76. The summed E-state index contributed by atoms with van der Waals surface area (Å²) in [6.07, 6.45) is 3.01. The van der Waals surface area contributed by atoms with E-state index in [1.54, 1.807) is 6.07 Å². The molecule has 0 fully saturated rings. The van der Waals surface area contributed by atoms with E-state index >= 15 is 0 Å². The topological polar surface area (TPSA) is 91.8 Å². The van der Waals surface area contributed by atoms with Gasteiger partial charge in [0.05, 0.1) is 0 Å². The fourth-order valence-electron chi connectivity index (χ4n) is 1.89. The lowest BCUT2D eigenvalue weighted by atomic mass is 10.1. The van der Waals surface area contributed by atoms with Crippen LogP contribution in [0.15, 0.2) is 24.5 Å². The fraction of sp³-hybridized carbons (Fsp3) is 0.200. The van der Waals surface area contributed by atoms with Crippen molar-refractivity contribution < 1.29 is 28.6 Å². The summed E-state index contributed by atoms with van der Waals surface area (Å²) < 4.78 is 15.3. The van der Waals surface area contributed by atoms with Crippen LogP contribution in [0.5, 0.6) is 17.2 Å². The number of aromatic nitrogens is 1. The van der Waals surface area contributed by atoms with Gasteiger partial charge in [-0.25, -0.2) is 0 Å². The van der Waals surface area contributed by atoms with Crippen molar-refractivity contribution in [1.82, 2.24) is 4.98 Å². The molecule has 0 unspecified atom stereocenters. The lowest BCUT2D eigenvalue weighted by molar-refractivity contribution is -0.135. The molecule has 0 amide bonds. The van der Waals surface area contributed by atoms with Crippen LogP contribution in [0.1, 0.15) is 20.8 Å². The molecule has 0 saturated heterocycles. The Bertz CT molecular complexity index is 768. The minimum Gasteiger partial charge on any atom is -0.423 e. The van der Waals surface area contributed by atoms with E-state index in [1.165, 1.54) is 39.2 Å². The van der Waals surface area contributed by atoms with Gasteiger partial charge in [-0.1, -0.05) is 0 Å². The minimum absolute atomic E-state index is 0.00106. The van der Waals surface area contributed by atoms with Crippen LogP contribution in [-0.2, 0) is 14.4 Å². The first-order valence-corrected chi connectivity index (χ1v) is 6.34. The highest BCUT2D eigenvalue weighted by Gasteiger charge is 2.21. The molecule has 7 heteroatoms. The van der Waals surface area contributed by atoms with Crippen LogP contribution >= 0.6 is 0 Å². The molecule has 0 spiro atoms. The number of carbonyl (C=O) groups excluding carboxylic acids is 3. The van der Waals surface area contributed by atoms with Crippen LogP contribution in [0.4, 0.5) is 0 Å². The van der Waals surface area contributed by atoms with E-state index in [0.29, 0.717) is 10.8 Å². The van der Waals surface area contributed by atoms with Crippen molar-refractivity contribution in [1.29, 1.82) is 0 Å². The van der Waals surface area contributed by atoms with E-state index in [1.807, 2.05) is 0 Å². The third-order valence-electron chi connectivity index (χ3n) is 2.56. The monoisotopic (exact) mass is 303 g/mol. The predicted molar refractivity (Wildman–Crippen MR) is 75.7 cm³/mol. The van der Waals surface area contributed by atoms with E-state index in [9.17, 15) is 14.4 Å². The first kappa shape index (κ1) is 15.4. The van der Waals surface area contributed by atoms with Crippen LogP contribution in [0, 0.1) is 0 Å². The highest BCUT2D eigenvalue weighted by molar-refractivity contribution is 5.95. The Morgan fingerprint density at radius 2 is 1.50 bits per heavy atom. The Labute approximate surface area is 125 Å². The first-order valence-electron chi connectivity index (χ1n) is 6.34. The minimum atomic E-state index is -0.643. The lowest BCUT2D eigenvalue weighted by Crippen LogP contribution is -2.11. The molecule has 0 N–H and O–H groups in total. The maximum atomic E-state index is 11.3. The number of fused-ring (bicyclic) bond motifs is 1. The van der Waals surface area contributed by atoms with Crippen molar-refractivity contribution in [3.05, 3.63) is 24.5 Å². The maximum Gasteiger partial charge on any atom is 0.308 e. The molecular formula is C15H13NO6. The molecule has 7 nitrogen and oxygen atoms in total. The zero-order valence-electron chi connectivity index (χ0n) is 12.2. The standard InChI is InChI=1S/C15H13NO6/c1-8(17)20-13-6-11-7-16-5-4-12(11)14(21-9(2)18)15(13)22-10(3)19/h4-7H,1-3H3. The lowest BCUT2D eigenvalue weighted by Gasteiger charge is -2.15. The summed E-state index contributed by atoms with van der Waals surface area (Å²) in [6, 6.07) is 3.08. The quantitative estimate of drug-likeness (QED) is 0.632. The number of carbonyl (C=O) groups is 3. The molecule has 0 atom stereocenters. The van der Waals surface area contributed by atoms with Crippen molar-refractivity contribution >= 4 is 28.7 Å². The SMILES string of the molecule is CC(=O)Oc1cc2cnccc2c(OC(C)=O)c1OC(C)=O. The third kappa shape index (κ3) is 3.38. The van der Waals surface area contributed by atoms with Gasteiger partial charge in [0, 0.05) is 43.9 Å². The molecule has 1 aromatic heterocycles. The highest BCUT2D eigenvalue weighted by atomic mass is 16.6. The molecular weight excluding hydrogens is 290 g/mol. The van der Waals surface area contributed by atoms with E-state index in [-0.39, 0.29) is 17.2 Å². The largest absolute Gasteiger partial charge is 0.423 e. The second-order valence-corrected chi connectivity index (χ2v) is 4.41. The smallest absolute Gasteiger partial charge is 0.308 e. The van der Waals surface area contributed by atoms with Gasteiger partial charge in [-0.3, -0.25) is 19.4 Å². The van der Waals surface area contributed by atoms with Crippen molar-refractivity contribution in [2.75, 3.05) is 0 Å². The molecule has 0 aliphatic rings. The molecule has 0 saturated carbocycles. The number of nitrogens with zero attached hydrogens (tertiary/aromatic N) is 1. The van der Waals surface area contributed by atoms with Crippen LogP contribution in [0.2, 0.25) is 0 Å². The Kier molecular flexibility index (Phi) is 4.36. The zero-order chi connectivity index (χ0) is 16.3. The Morgan fingerprint density at radius 3 is 2.09 bits per heavy atom. The molecule has 2 rings (SSSR count). The summed E-state index contributed by atoms with van der Waals surface area (Å²) in [5, 5.41) is 1.06. The summed E-state index contributed by atoms with van der Waals surface area (Å²) in [5.41, 5.74) is 0. The molecule has 0 bridgehead atoms. The number of hydrogen-bond acceptors (Lipinski definition) is 7. The number of esters is 3. The molecule has 22 heavy (non-hydrogen) atoms. The summed E-state index contributed by atoms with van der Waals surface area (Å²) in [7, 11) is 0. The molecule has 0 aliphatic carbocycles. The average Bonchev–Trinajstić information content (AvgIpc) is 2.41. The Hall–Kier alpha value is -2.96. The van der Waals surface area contributed by atoms with Gasteiger partial charge in [0.2, 0.25) is 5.75 Å². The van der Waals surface area contributed by atoms with Gasteiger partial charge in [0.25, 0.3) is 0 Å². The van der Waals surface area contributed by atoms with Gasteiger partial charge in [-0.15, -0.1) is 0 Å². The van der Waals surface area contributed by atoms with Crippen molar-refractivity contribution in [2.45, 2.75) is 20.8 Å². The van der Waals surface area contributed by atoms with Crippen LogP contribution in [0.3, 0.4) is 0 Å². The second-order valence-electron chi connectivity index (χ2n) is 4.41. The number of rotatable bonds is 3. The zero-order valence-corrected chi connectivity index (χ0v) is 12.2. The highest BCUT2D eigenvalue weighted by Crippen LogP contribution is 2.43. The van der Waals surface area contributed by atoms with E-state index in [4.69, 9.17) is 14.2 Å². The third-order valence-corrected chi connectivity index (χ3v) is 2.56. The first-order chi connectivity index (χ1) is 10.4. The van der Waals surface area contributed by atoms with E-state index in [2.05, 4.69) is 4.98 Å². The predicted octanol–water partition coefficient (Wildman–Crippen LogP) is 2.01. The van der Waals surface area contributed by atoms with Crippen LogP contribution < -0.4 is 14.2 Å². The maximum absolute atomic E-state index is 11.3. The van der Waals surface area contributed by atoms with Crippen molar-refractivity contribution in [3.63, 3.8) is 0 Å². The van der Waals surface area contributed by atoms with Crippen molar-refractivity contribution in [2.24, 2.45) is 0 Å². The molecule has 114 valence electrons. The Morgan fingerprint density at radius 1 is 0.909 bits per heavy atom. The summed E-state index contributed by atoms with van der Waals surface area (Å²) in [6.45, 7) is 3.60. The van der Waals surface area contributed by atoms with E-state index < -0.39 is 17.9 Å². The van der Waals surface area contributed by atoms with Gasteiger partial charge in [-0.2, -0.15) is 0 Å². The van der Waals surface area contributed by atoms with Gasteiger partial charge in [-0.05, 0) is 12.1 Å². The average molecular weight is 303 g/mol.